The lowest BCUT2D eigenvalue weighted by Gasteiger charge is -2.05. The van der Waals surface area contributed by atoms with Gasteiger partial charge in [0, 0.05) is 31.3 Å². The molecule has 2 aromatic carbocycles. The summed E-state index contributed by atoms with van der Waals surface area (Å²) in [6.07, 6.45) is 0.136. The number of hydrogen-bond donors (Lipinski definition) is 2. The van der Waals surface area contributed by atoms with Gasteiger partial charge in [-0.05, 0) is 23.8 Å². The molecule has 7 nitrogen and oxygen atoms in total. The number of benzene rings is 2. The maximum atomic E-state index is 12.3. The summed E-state index contributed by atoms with van der Waals surface area (Å²) in [5.41, 5.74) is 9.85. The zero-order chi connectivity index (χ0) is 19.4. The first-order chi connectivity index (χ1) is 13.0. The number of carbonyl (C=O) groups is 2. The summed E-state index contributed by atoms with van der Waals surface area (Å²) in [7, 11) is 3.26. The van der Waals surface area contributed by atoms with Crippen molar-refractivity contribution in [2.45, 2.75) is 13.0 Å². The minimum Gasteiger partial charge on any atom is -0.469 e. The number of methoxy groups -OCH3 is 1. The van der Waals surface area contributed by atoms with E-state index in [2.05, 4.69) is 15.0 Å². The van der Waals surface area contributed by atoms with Gasteiger partial charge in [-0.1, -0.05) is 24.3 Å². The van der Waals surface area contributed by atoms with E-state index in [1.165, 1.54) is 7.11 Å². The summed E-state index contributed by atoms with van der Waals surface area (Å²) in [5, 5.41) is 2.71. The summed E-state index contributed by atoms with van der Waals surface area (Å²) < 4.78 is 6.55. The lowest BCUT2D eigenvalue weighted by molar-refractivity contribution is -0.140. The van der Waals surface area contributed by atoms with Crippen LogP contribution in [0.25, 0.3) is 22.4 Å². The Morgan fingerprint density at radius 3 is 2.59 bits per heavy atom. The lowest BCUT2D eigenvalue weighted by Crippen LogP contribution is -2.26. The Labute approximate surface area is 157 Å². The summed E-state index contributed by atoms with van der Waals surface area (Å²) in [6.45, 7) is 0.724. The third kappa shape index (κ3) is 3.98. The van der Waals surface area contributed by atoms with E-state index in [0.29, 0.717) is 12.1 Å². The predicted molar refractivity (Wildman–Crippen MR) is 103 cm³/mol. The number of carbonyl (C=O) groups excluding carboxylic acids is 2. The molecule has 0 unspecified atom stereocenters. The van der Waals surface area contributed by atoms with Gasteiger partial charge in [-0.15, -0.1) is 0 Å². The second-order valence-corrected chi connectivity index (χ2v) is 6.18. The molecule has 7 heteroatoms. The zero-order valence-corrected chi connectivity index (χ0v) is 15.4. The summed E-state index contributed by atoms with van der Waals surface area (Å²) >= 11 is 0. The number of amides is 1. The van der Waals surface area contributed by atoms with Crippen LogP contribution in [0, 0.1) is 0 Å². The Morgan fingerprint density at radius 1 is 1.19 bits per heavy atom. The number of aromatic nitrogens is 2. The van der Waals surface area contributed by atoms with Crippen molar-refractivity contribution >= 4 is 22.9 Å². The summed E-state index contributed by atoms with van der Waals surface area (Å²) in [5.74, 6) is 0.206. The van der Waals surface area contributed by atoms with E-state index in [1.54, 1.807) is 12.1 Å². The number of aryl methyl sites for hydroxylation is 1. The highest BCUT2D eigenvalue weighted by Crippen LogP contribution is 2.24. The van der Waals surface area contributed by atoms with Crippen molar-refractivity contribution in [2.75, 3.05) is 13.7 Å². The Hall–Kier alpha value is -3.19. The molecule has 1 aromatic heterocycles. The monoisotopic (exact) mass is 366 g/mol. The molecule has 1 heterocycles. The number of rotatable bonds is 6. The fraction of sp³-hybridized carbons (Fsp3) is 0.250. The molecule has 3 N–H and O–H groups in total. The van der Waals surface area contributed by atoms with Crippen molar-refractivity contribution in [2.24, 2.45) is 12.8 Å². The van der Waals surface area contributed by atoms with Crippen molar-refractivity contribution in [3.05, 3.63) is 53.6 Å². The first kappa shape index (κ1) is 18.6. The summed E-state index contributed by atoms with van der Waals surface area (Å²) in [4.78, 5) is 28.1. The molecule has 0 radical (unpaired) electrons. The molecule has 0 aliphatic heterocycles. The first-order valence-corrected chi connectivity index (χ1v) is 8.64. The standard InChI is InChI=1S/C20H22N4O3/c1-24-17-8-7-15(20(26)22-10-9-18(25)27-2)11-16(17)23-19(24)14-5-3-13(12-21)4-6-14/h3-8,11H,9-10,12,21H2,1-2H3,(H,22,26). The predicted octanol–water partition coefficient (Wildman–Crippen LogP) is 1.99. The molecule has 140 valence electrons. The van der Waals surface area contributed by atoms with Gasteiger partial charge >= 0.3 is 5.97 Å². The van der Waals surface area contributed by atoms with E-state index < -0.39 is 0 Å². The molecule has 0 spiro atoms. The maximum absolute atomic E-state index is 12.3. The van der Waals surface area contributed by atoms with E-state index in [1.807, 2.05) is 41.9 Å². The average Bonchev–Trinajstić information content (AvgIpc) is 3.03. The highest BCUT2D eigenvalue weighted by atomic mass is 16.5. The lowest BCUT2D eigenvalue weighted by atomic mass is 10.1. The van der Waals surface area contributed by atoms with Gasteiger partial charge in [0.1, 0.15) is 5.82 Å². The molecule has 0 saturated heterocycles. The van der Waals surface area contributed by atoms with Crippen LogP contribution in [0.1, 0.15) is 22.3 Å². The SMILES string of the molecule is COC(=O)CCNC(=O)c1ccc2c(c1)nc(-c1ccc(CN)cc1)n2C. The minimum absolute atomic E-state index is 0.136. The third-order valence-electron chi connectivity index (χ3n) is 4.43. The third-order valence-corrected chi connectivity index (χ3v) is 4.43. The Morgan fingerprint density at radius 2 is 1.93 bits per heavy atom. The highest BCUT2D eigenvalue weighted by molar-refractivity contribution is 5.98. The smallest absolute Gasteiger partial charge is 0.307 e. The van der Waals surface area contributed by atoms with Gasteiger partial charge in [-0.2, -0.15) is 0 Å². The van der Waals surface area contributed by atoms with E-state index >= 15 is 0 Å². The van der Waals surface area contributed by atoms with E-state index in [4.69, 9.17) is 5.73 Å². The highest BCUT2D eigenvalue weighted by Gasteiger charge is 2.13. The molecule has 3 rings (SSSR count). The van der Waals surface area contributed by atoms with Crippen LogP contribution in [0.4, 0.5) is 0 Å². The molecule has 3 aromatic rings. The largest absolute Gasteiger partial charge is 0.469 e. The molecule has 0 saturated carbocycles. The first-order valence-electron chi connectivity index (χ1n) is 8.64. The van der Waals surface area contributed by atoms with Gasteiger partial charge in [0.15, 0.2) is 0 Å². The number of hydrogen-bond acceptors (Lipinski definition) is 5. The second-order valence-electron chi connectivity index (χ2n) is 6.18. The quantitative estimate of drug-likeness (QED) is 0.650. The topological polar surface area (TPSA) is 99.2 Å². The molecular formula is C20H22N4O3. The van der Waals surface area contributed by atoms with Gasteiger partial charge < -0.3 is 20.4 Å². The number of imidazole rings is 1. The van der Waals surface area contributed by atoms with Crippen LogP contribution < -0.4 is 11.1 Å². The van der Waals surface area contributed by atoms with Crippen molar-refractivity contribution in [1.29, 1.82) is 0 Å². The van der Waals surface area contributed by atoms with Gasteiger partial charge in [0.05, 0.1) is 24.6 Å². The van der Waals surface area contributed by atoms with Crippen molar-refractivity contribution in [1.82, 2.24) is 14.9 Å². The Kier molecular flexibility index (Phi) is 5.52. The molecule has 0 atom stereocenters. The summed E-state index contributed by atoms with van der Waals surface area (Å²) in [6, 6.07) is 13.3. The maximum Gasteiger partial charge on any atom is 0.307 e. The molecular weight excluding hydrogens is 344 g/mol. The van der Waals surface area contributed by atoms with Gasteiger partial charge in [-0.25, -0.2) is 4.98 Å². The average molecular weight is 366 g/mol. The van der Waals surface area contributed by atoms with Gasteiger partial charge in [0.25, 0.3) is 5.91 Å². The normalized spacial score (nSPS) is 10.8. The molecule has 0 bridgehead atoms. The van der Waals surface area contributed by atoms with Gasteiger partial charge in [-0.3, -0.25) is 9.59 Å². The Bertz CT molecular complexity index is 977. The zero-order valence-electron chi connectivity index (χ0n) is 15.4. The van der Waals surface area contributed by atoms with Crippen LogP contribution in [0.3, 0.4) is 0 Å². The molecule has 0 aliphatic rings. The fourth-order valence-corrected chi connectivity index (χ4v) is 2.87. The Balaban J connectivity index is 1.83. The van der Waals surface area contributed by atoms with E-state index in [-0.39, 0.29) is 24.8 Å². The van der Waals surface area contributed by atoms with E-state index in [0.717, 1.165) is 28.0 Å². The van der Waals surface area contributed by atoms with Crippen LogP contribution in [0.5, 0.6) is 0 Å². The van der Waals surface area contributed by atoms with E-state index in [9.17, 15) is 9.59 Å². The van der Waals surface area contributed by atoms with Crippen molar-refractivity contribution < 1.29 is 14.3 Å². The number of ether oxygens (including phenoxy) is 1. The number of nitrogens with two attached hydrogens (primary N) is 1. The molecule has 0 aliphatic carbocycles. The van der Waals surface area contributed by atoms with Crippen LogP contribution >= 0.6 is 0 Å². The van der Waals surface area contributed by atoms with Crippen LogP contribution in [0.15, 0.2) is 42.5 Å². The molecule has 1 amide bonds. The van der Waals surface area contributed by atoms with Crippen molar-refractivity contribution in [3.63, 3.8) is 0 Å². The van der Waals surface area contributed by atoms with Crippen LogP contribution in [-0.4, -0.2) is 35.1 Å². The number of nitrogens with zero attached hydrogens (tertiary/aromatic N) is 2. The number of esters is 1. The van der Waals surface area contributed by atoms with Gasteiger partial charge in [0.2, 0.25) is 0 Å². The number of nitrogens with one attached hydrogen (secondary N) is 1. The van der Waals surface area contributed by atoms with Crippen LogP contribution in [-0.2, 0) is 23.1 Å². The van der Waals surface area contributed by atoms with Crippen LogP contribution in [0.2, 0.25) is 0 Å². The fourth-order valence-electron chi connectivity index (χ4n) is 2.87. The number of fused-ring (bicyclic) bond motifs is 1. The second kappa shape index (κ2) is 8.01. The molecule has 27 heavy (non-hydrogen) atoms. The molecule has 0 fully saturated rings. The minimum atomic E-state index is -0.360. The van der Waals surface area contributed by atoms with Crippen molar-refractivity contribution in [3.8, 4) is 11.4 Å².